The molecule has 1 atom stereocenters. The van der Waals surface area contributed by atoms with Gasteiger partial charge < -0.3 is 14.8 Å². The molecule has 0 bridgehead atoms. The molecule has 4 nitrogen and oxygen atoms in total. The van der Waals surface area contributed by atoms with Crippen molar-refractivity contribution in [1.82, 2.24) is 5.32 Å². The number of aryl methyl sites for hydroxylation is 1. The van der Waals surface area contributed by atoms with Gasteiger partial charge >= 0.3 is 0 Å². The Bertz CT molecular complexity index is 802. The first-order chi connectivity index (χ1) is 12.9. The van der Waals surface area contributed by atoms with Crippen molar-refractivity contribution in [2.75, 3.05) is 12.9 Å². The molecule has 0 radical (unpaired) electrons. The van der Waals surface area contributed by atoms with Crippen LogP contribution in [-0.2, 0) is 10.5 Å². The largest absolute Gasteiger partial charge is 0.497 e. The molecule has 0 saturated heterocycles. The number of amides is 1. The summed E-state index contributed by atoms with van der Waals surface area (Å²) in [6.45, 7) is 6.16. The Kier molecular flexibility index (Phi) is 6.00. The van der Waals surface area contributed by atoms with Gasteiger partial charge in [0.05, 0.1) is 18.9 Å². The molecule has 1 amide bonds. The molecule has 5 heteroatoms. The van der Waals surface area contributed by atoms with Crippen molar-refractivity contribution < 1.29 is 14.3 Å². The molecule has 144 valence electrons. The molecule has 0 spiro atoms. The molecule has 3 rings (SSSR count). The van der Waals surface area contributed by atoms with E-state index >= 15 is 0 Å². The molecule has 27 heavy (non-hydrogen) atoms. The fourth-order valence-electron chi connectivity index (χ4n) is 3.27. The standard InChI is InChI=1S/C22H27NO3S/c1-15-5-7-16(8-6-15)13-27-14-21(24)23-19-12-22(2,3)26-20-11-17(25-4)9-10-18(19)20/h5-11,19H,12-14H2,1-4H3,(H,23,24)/t19-/m1/s1. The molecule has 0 fully saturated rings. The van der Waals surface area contributed by atoms with Crippen LogP contribution in [0.25, 0.3) is 0 Å². The third-order valence-corrected chi connectivity index (χ3v) is 5.64. The number of thioether (sulfide) groups is 1. The normalized spacial score (nSPS) is 17.6. The van der Waals surface area contributed by atoms with Gasteiger partial charge in [0.25, 0.3) is 0 Å². The van der Waals surface area contributed by atoms with E-state index in [9.17, 15) is 4.79 Å². The second-order valence-corrected chi connectivity index (χ2v) is 8.55. The van der Waals surface area contributed by atoms with E-state index in [1.807, 2.05) is 32.0 Å². The smallest absolute Gasteiger partial charge is 0.230 e. The van der Waals surface area contributed by atoms with Crippen LogP contribution in [0, 0.1) is 6.92 Å². The third-order valence-electron chi connectivity index (χ3n) is 4.64. The van der Waals surface area contributed by atoms with E-state index in [4.69, 9.17) is 9.47 Å². The van der Waals surface area contributed by atoms with Gasteiger partial charge in [-0.2, -0.15) is 0 Å². The van der Waals surface area contributed by atoms with E-state index in [0.29, 0.717) is 5.75 Å². The quantitative estimate of drug-likeness (QED) is 0.786. The highest BCUT2D eigenvalue weighted by Gasteiger charge is 2.34. The highest BCUT2D eigenvalue weighted by atomic mass is 32.2. The first-order valence-corrected chi connectivity index (χ1v) is 10.3. The van der Waals surface area contributed by atoms with Crippen LogP contribution in [0.3, 0.4) is 0 Å². The zero-order valence-corrected chi connectivity index (χ0v) is 17.2. The van der Waals surface area contributed by atoms with Gasteiger partial charge in [0.1, 0.15) is 17.1 Å². The molecule has 0 aromatic heterocycles. The molecular weight excluding hydrogens is 358 g/mol. The van der Waals surface area contributed by atoms with Gasteiger partial charge in [0, 0.05) is 23.8 Å². The van der Waals surface area contributed by atoms with Crippen molar-refractivity contribution >= 4 is 17.7 Å². The maximum atomic E-state index is 12.5. The fourth-order valence-corrected chi connectivity index (χ4v) is 4.07. The summed E-state index contributed by atoms with van der Waals surface area (Å²) in [5, 5.41) is 3.18. The number of hydrogen-bond acceptors (Lipinski definition) is 4. The predicted molar refractivity (Wildman–Crippen MR) is 111 cm³/mol. The van der Waals surface area contributed by atoms with E-state index in [1.165, 1.54) is 11.1 Å². The molecule has 0 unspecified atom stereocenters. The zero-order chi connectivity index (χ0) is 19.4. The third kappa shape index (κ3) is 5.19. The number of benzene rings is 2. The highest BCUT2D eigenvalue weighted by Crippen LogP contribution is 2.41. The predicted octanol–water partition coefficient (Wildman–Crippen LogP) is 4.66. The molecule has 1 N–H and O–H groups in total. The van der Waals surface area contributed by atoms with Crippen LogP contribution in [-0.4, -0.2) is 24.4 Å². The number of carbonyl (C=O) groups is 1. The SMILES string of the molecule is COc1ccc2c(c1)OC(C)(C)C[C@H]2NC(=O)CSCc1ccc(C)cc1. The summed E-state index contributed by atoms with van der Waals surface area (Å²) in [5.41, 5.74) is 3.15. The van der Waals surface area contributed by atoms with Crippen molar-refractivity contribution in [3.05, 3.63) is 59.2 Å². The Morgan fingerprint density at radius 2 is 2.00 bits per heavy atom. The van der Waals surface area contributed by atoms with Crippen LogP contribution in [0.5, 0.6) is 11.5 Å². The number of carbonyl (C=O) groups excluding carboxylic acids is 1. The van der Waals surface area contributed by atoms with Crippen molar-refractivity contribution in [2.24, 2.45) is 0 Å². The number of methoxy groups -OCH3 is 1. The zero-order valence-electron chi connectivity index (χ0n) is 16.4. The maximum absolute atomic E-state index is 12.5. The lowest BCUT2D eigenvalue weighted by molar-refractivity contribution is -0.119. The average Bonchev–Trinajstić information content (AvgIpc) is 2.62. The number of nitrogens with one attached hydrogen (secondary N) is 1. The summed E-state index contributed by atoms with van der Waals surface area (Å²) in [6, 6.07) is 14.2. The summed E-state index contributed by atoms with van der Waals surface area (Å²) < 4.78 is 11.4. The fraction of sp³-hybridized carbons (Fsp3) is 0.409. The minimum absolute atomic E-state index is 0.0524. The summed E-state index contributed by atoms with van der Waals surface area (Å²) in [7, 11) is 1.64. The number of hydrogen-bond donors (Lipinski definition) is 1. The van der Waals surface area contributed by atoms with Crippen molar-refractivity contribution in [3.63, 3.8) is 0 Å². The lowest BCUT2D eigenvalue weighted by atomic mass is 9.89. The van der Waals surface area contributed by atoms with Crippen LogP contribution in [0.2, 0.25) is 0 Å². The molecule has 1 aliphatic rings. The summed E-state index contributed by atoms with van der Waals surface area (Å²) in [5.74, 6) is 2.86. The molecule has 2 aromatic rings. The average molecular weight is 386 g/mol. The Hall–Kier alpha value is -2.14. The van der Waals surface area contributed by atoms with Gasteiger partial charge in [-0.25, -0.2) is 0 Å². The second-order valence-electron chi connectivity index (χ2n) is 7.57. The molecule has 0 aliphatic carbocycles. The molecule has 2 aromatic carbocycles. The minimum Gasteiger partial charge on any atom is -0.497 e. The molecule has 0 saturated carbocycles. The van der Waals surface area contributed by atoms with Crippen LogP contribution >= 0.6 is 11.8 Å². The van der Waals surface area contributed by atoms with Gasteiger partial charge in [-0.05, 0) is 38.5 Å². The first kappa shape index (κ1) is 19.6. The molecule has 1 heterocycles. The first-order valence-electron chi connectivity index (χ1n) is 9.16. The lowest BCUT2D eigenvalue weighted by Crippen LogP contribution is -2.41. The Morgan fingerprint density at radius 1 is 1.26 bits per heavy atom. The Morgan fingerprint density at radius 3 is 2.70 bits per heavy atom. The molecule has 1 aliphatic heterocycles. The van der Waals surface area contributed by atoms with Gasteiger partial charge in [-0.1, -0.05) is 29.8 Å². The molecular formula is C22H27NO3S. The van der Waals surface area contributed by atoms with Crippen LogP contribution < -0.4 is 14.8 Å². The van der Waals surface area contributed by atoms with E-state index in [1.54, 1.807) is 18.9 Å². The van der Waals surface area contributed by atoms with Crippen LogP contribution in [0.15, 0.2) is 42.5 Å². The number of fused-ring (bicyclic) bond motifs is 1. The van der Waals surface area contributed by atoms with E-state index in [2.05, 4.69) is 36.5 Å². The number of rotatable bonds is 6. The lowest BCUT2D eigenvalue weighted by Gasteiger charge is -2.38. The Balaban J connectivity index is 1.60. The monoisotopic (exact) mass is 385 g/mol. The van der Waals surface area contributed by atoms with Gasteiger partial charge in [-0.3, -0.25) is 4.79 Å². The van der Waals surface area contributed by atoms with Crippen LogP contribution in [0.1, 0.15) is 43.0 Å². The van der Waals surface area contributed by atoms with E-state index in [0.717, 1.165) is 29.2 Å². The topological polar surface area (TPSA) is 47.6 Å². The van der Waals surface area contributed by atoms with Crippen molar-refractivity contribution in [1.29, 1.82) is 0 Å². The number of ether oxygens (including phenoxy) is 2. The second kappa shape index (κ2) is 8.26. The minimum atomic E-state index is -0.341. The summed E-state index contributed by atoms with van der Waals surface area (Å²) in [6.07, 6.45) is 0.737. The van der Waals surface area contributed by atoms with E-state index in [-0.39, 0.29) is 17.6 Å². The summed E-state index contributed by atoms with van der Waals surface area (Å²) >= 11 is 1.63. The van der Waals surface area contributed by atoms with Gasteiger partial charge in [0.15, 0.2) is 0 Å². The van der Waals surface area contributed by atoms with Crippen molar-refractivity contribution in [2.45, 2.75) is 44.6 Å². The highest BCUT2D eigenvalue weighted by molar-refractivity contribution is 7.99. The van der Waals surface area contributed by atoms with E-state index < -0.39 is 0 Å². The van der Waals surface area contributed by atoms with Gasteiger partial charge in [-0.15, -0.1) is 11.8 Å². The van der Waals surface area contributed by atoms with Crippen LogP contribution in [0.4, 0.5) is 0 Å². The maximum Gasteiger partial charge on any atom is 0.230 e. The summed E-state index contributed by atoms with van der Waals surface area (Å²) in [4.78, 5) is 12.5. The van der Waals surface area contributed by atoms with Gasteiger partial charge in [0.2, 0.25) is 5.91 Å². The van der Waals surface area contributed by atoms with Crippen molar-refractivity contribution in [3.8, 4) is 11.5 Å². The Labute approximate surface area is 165 Å².